The van der Waals surface area contributed by atoms with Gasteiger partial charge in [-0.2, -0.15) is 0 Å². The normalized spacial score (nSPS) is 21.9. The Balaban J connectivity index is 2.17. The Labute approximate surface area is 121 Å². The topological polar surface area (TPSA) is 38.0 Å². The highest BCUT2D eigenvalue weighted by Crippen LogP contribution is 2.36. The Morgan fingerprint density at radius 3 is 2.79 bits per heavy atom. The van der Waals surface area contributed by atoms with Crippen molar-refractivity contribution in [2.75, 3.05) is 5.32 Å². The van der Waals surface area contributed by atoms with Crippen molar-refractivity contribution in [3.63, 3.8) is 0 Å². The van der Waals surface area contributed by atoms with Crippen molar-refractivity contribution in [3.05, 3.63) is 29.3 Å². The number of hydrogen-bond acceptors (Lipinski definition) is 2. The Hall–Kier alpha value is -1.09. The molecule has 0 bridgehead atoms. The van der Waals surface area contributed by atoms with Crippen LogP contribution in [0.25, 0.3) is 0 Å². The van der Waals surface area contributed by atoms with Crippen LogP contribution in [0.3, 0.4) is 0 Å². The maximum absolute atomic E-state index is 5.83. The first kappa shape index (κ1) is 14.3. The Morgan fingerprint density at radius 2 is 2.16 bits per heavy atom. The number of hydrogen-bond donors (Lipinski definition) is 2. The van der Waals surface area contributed by atoms with E-state index in [1.807, 2.05) is 0 Å². The molecule has 1 unspecified atom stereocenters. The molecule has 0 radical (unpaired) electrons. The maximum Gasteiger partial charge on any atom is 0.106 e. The van der Waals surface area contributed by atoms with Crippen molar-refractivity contribution >= 4 is 22.9 Å². The fourth-order valence-electron chi connectivity index (χ4n) is 3.03. The molecule has 0 aliphatic heterocycles. The van der Waals surface area contributed by atoms with Crippen molar-refractivity contribution in [2.45, 2.75) is 52.5 Å². The quantitative estimate of drug-likeness (QED) is 0.819. The van der Waals surface area contributed by atoms with Gasteiger partial charge in [0, 0.05) is 17.3 Å². The van der Waals surface area contributed by atoms with Crippen molar-refractivity contribution < 1.29 is 0 Å². The average Bonchev–Trinajstić information content (AvgIpc) is 2.30. The van der Waals surface area contributed by atoms with E-state index in [-0.39, 0.29) is 0 Å². The number of nitrogens with one attached hydrogen (secondary N) is 1. The molecule has 3 N–H and O–H groups in total. The SMILES string of the molecule is Cc1ccc(NC2CCCC(C)(C)C2)c(C(N)=S)c1. The van der Waals surface area contributed by atoms with Gasteiger partial charge in [0.15, 0.2) is 0 Å². The zero-order valence-electron chi connectivity index (χ0n) is 12.1. The minimum atomic E-state index is 0.435. The first-order valence-electron chi connectivity index (χ1n) is 7.04. The zero-order valence-corrected chi connectivity index (χ0v) is 12.9. The molecular formula is C16H24N2S. The molecule has 0 spiro atoms. The summed E-state index contributed by atoms with van der Waals surface area (Å²) in [4.78, 5) is 0.473. The second kappa shape index (κ2) is 5.49. The summed E-state index contributed by atoms with van der Waals surface area (Å²) in [5.74, 6) is 0. The van der Waals surface area contributed by atoms with Crippen molar-refractivity contribution in [2.24, 2.45) is 11.1 Å². The van der Waals surface area contributed by atoms with E-state index in [0.29, 0.717) is 16.4 Å². The van der Waals surface area contributed by atoms with E-state index in [4.69, 9.17) is 18.0 Å². The fraction of sp³-hybridized carbons (Fsp3) is 0.562. The predicted molar refractivity (Wildman–Crippen MR) is 86.7 cm³/mol. The number of thiocarbonyl (C=S) groups is 1. The third-order valence-corrected chi connectivity index (χ3v) is 4.23. The molecule has 0 heterocycles. The van der Waals surface area contributed by atoms with Gasteiger partial charge in [-0.3, -0.25) is 0 Å². The van der Waals surface area contributed by atoms with E-state index in [2.05, 4.69) is 44.3 Å². The molecule has 1 aliphatic carbocycles. The monoisotopic (exact) mass is 276 g/mol. The molecule has 1 atom stereocenters. The van der Waals surface area contributed by atoms with Gasteiger partial charge in [0.25, 0.3) is 0 Å². The molecule has 19 heavy (non-hydrogen) atoms. The largest absolute Gasteiger partial charge is 0.389 e. The number of nitrogens with two attached hydrogens (primary N) is 1. The van der Waals surface area contributed by atoms with Crippen molar-refractivity contribution in [3.8, 4) is 0 Å². The van der Waals surface area contributed by atoms with Crippen molar-refractivity contribution in [1.29, 1.82) is 0 Å². The summed E-state index contributed by atoms with van der Waals surface area (Å²) in [5.41, 5.74) is 9.51. The molecule has 0 amide bonds. The smallest absolute Gasteiger partial charge is 0.106 e. The Bertz CT molecular complexity index is 480. The van der Waals surface area contributed by atoms with Gasteiger partial charge in [0.05, 0.1) is 0 Å². The van der Waals surface area contributed by atoms with E-state index in [1.54, 1.807) is 0 Å². The van der Waals surface area contributed by atoms with Gasteiger partial charge in [-0.25, -0.2) is 0 Å². The summed E-state index contributed by atoms with van der Waals surface area (Å²) in [6.07, 6.45) is 5.05. The molecule has 1 aromatic carbocycles. The highest BCUT2D eigenvalue weighted by atomic mass is 32.1. The highest BCUT2D eigenvalue weighted by molar-refractivity contribution is 7.80. The third-order valence-electron chi connectivity index (χ3n) is 4.01. The van der Waals surface area contributed by atoms with Gasteiger partial charge in [0.1, 0.15) is 4.99 Å². The van der Waals surface area contributed by atoms with Gasteiger partial charge in [-0.05, 0) is 43.7 Å². The lowest BCUT2D eigenvalue weighted by molar-refractivity contribution is 0.229. The van der Waals surface area contributed by atoms with Crippen molar-refractivity contribution in [1.82, 2.24) is 0 Å². The van der Waals surface area contributed by atoms with Crippen LogP contribution in [-0.2, 0) is 0 Å². The molecule has 3 heteroatoms. The van der Waals surface area contributed by atoms with Crippen LogP contribution < -0.4 is 11.1 Å². The molecule has 0 aromatic heterocycles. The third kappa shape index (κ3) is 3.69. The van der Waals surface area contributed by atoms with Gasteiger partial charge < -0.3 is 11.1 Å². The first-order valence-corrected chi connectivity index (χ1v) is 7.45. The lowest BCUT2D eigenvalue weighted by Crippen LogP contribution is -2.32. The van der Waals surface area contributed by atoms with Crippen LogP contribution in [0, 0.1) is 12.3 Å². The van der Waals surface area contributed by atoms with Crippen LogP contribution >= 0.6 is 12.2 Å². The van der Waals surface area contributed by atoms with E-state index in [9.17, 15) is 0 Å². The number of aryl methyl sites for hydroxylation is 1. The Morgan fingerprint density at radius 1 is 1.42 bits per heavy atom. The summed E-state index contributed by atoms with van der Waals surface area (Å²) in [5, 5.41) is 3.65. The van der Waals surface area contributed by atoms with Crippen LogP contribution in [0.1, 0.15) is 50.7 Å². The molecule has 1 aliphatic rings. The van der Waals surface area contributed by atoms with Crippen LogP contribution in [0.5, 0.6) is 0 Å². The summed E-state index contributed by atoms with van der Waals surface area (Å²) in [7, 11) is 0. The number of anilines is 1. The van der Waals surface area contributed by atoms with Gasteiger partial charge in [-0.15, -0.1) is 0 Å². The Kier molecular flexibility index (Phi) is 4.14. The second-order valence-electron chi connectivity index (χ2n) is 6.52. The molecular weight excluding hydrogens is 252 g/mol. The molecule has 1 aromatic rings. The summed E-state index contributed by atoms with van der Waals surface area (Å²) in [6, 6.07) is 6.81. The van der Waals surface area contributed by atoms with Gasteiger partial charge in [0.2, 0.25) is 0 Å². The minimum Gasteiger partial charge on any atom is -0.389 e. The van der Waals surface area contributed by atoms with Crippen LogP contribution in [0.4, 0.5) is 5.69 Å². The van der Waals surface area contributed by atoms with Gasteiger partial charge >= 0.3 is 0 Å². The predicted octanol–water partition coefficient (Wildman–Crippen LogP) is 4.01. The lowest BCUT2D eigenvalue weighted by atomic mass is 9.75. The molecule has 2 nitrogen and oxygen atoms in total. The van der Waals surface area contributed by atoms with E-state index in [1.165, 1.54) is 31.2 Å². The molecule has 2 rings (SSSR count). The minimum absolute atomic E-state index is 0.435. The standard InChI is InChI=1S/C16H24N2S/c1-11-6-7-14(13(9-11)15(17)19)18-12-5-4-8-16(2,3)10-12/h6-7,9,12,18H,4-5,8,10H2,1-3H3,(H2,17,19). The van der Waals surface area contributed by atoms with Gasteiger partial charge in [-0.1, -0.05) is 44.1 Å². The first-order chi connectivity index (χ1) is 8.87. The summed E-state index contributed by atoms with van der Waals surface area (Å²) < 4.78 is 0. The lowest BCUT2D eigenvalue weighted by Gasteiger charge is -2.36. The highest BCUT2D eigenvalue weighted by Gasteiger charge is 2.28. The van der Waals surface area contributed by atoms with Crippen LogP contribution in [0.2, 0.25) is 0 Å². The molecule has 1 saturated carbocycles. The van der Waals surface area contributed by atoms with E-state index < -0.39 is 0 Å². The van der Waals surface area contributed by atoms with E-state index in [0.717, 1.165) is 11.3 Å². The summed E-state index contributed by atoms with van der Waals surface area (Å²) in [6.45, 7) is 6.77. The second-order valence-corrected chi connectivity index (χ2v) is 6.95. The number of benzene rings is 1. The van der Waals surface area contributed by atoms with Crippen LogP contribution in [-0.4, -0.2) is 11.0 Å². The van der Waals surface area contributed by atoms with Crippen LogP contribution in [0.15, 0.2) is 18.2 Å². The zero-order chi connectivity index (χ0) is 14.0. The fourth-order valence-corrected chi connectivity index (χ4v) is 3.20. The summed E-state index contributed by atoms with van der Waals surface area (Å²) >= 11 is 5.16. The maximum atomic E-state index is 5.83. The number of rotatable bonds is 3. The molecule has 1 fully saturated rings. The average molecular weight is 276 g/mol. The molecule has 0 saturated heterocycles. The van der Waals surface area contributed by atoms with E-state index >= 15 is 0 Å². The molecule has 104 valence electrons.